The molecule has 3 rings (SSSR count). The van der Waals surface area contributed by atoms with Crippen molar-refractivity contribution in [2.45, 2.75) is 32.7 Å². The molecule has 0 atom stereocenters. The number of aryl methyl sites for hydroxylation is 3. The number of benzene rings is 1. The van der Waals surface area contributed by atoms with Crippen molar-refractivity contribution in [1.82, 2.24) is 9.55 Å². The summed E-state index contributed by atoms with van der Waals surface area (Å²) in [4.78, 5) is 4.66. The van der Waals surface area contributed by atoms with Crippen molar-refractivity contribution < 1.29 is 0 Å². The van der Waals surface area contributed by atoms with Crippen LogP contribution in [-0.4, -0.2) is 9.55 Å². The summed E-state index contributed by atoms with van der Waals surface area (Å²) in [5, 5.41) is 0. The summed E-state index contributed by atoms with van der Waals surface area (Å²) in [6, 6.07) is 6.73. The van der Waals surface area contributed by atoms with Crippen molar-refractivity contribution in [3.8, 4) is 11.3 Å². The van der Waals surface area contributed by atoms with Crippen LogP contribution in [0.25, 0.3) is 11.3 Å². The second-order valence-electron chi connectivity index (χ2n) is 5.05. The van der Waals surface area contributed by atoms with Gasteiger partial charge in [-0.15, -0.1) is 0 Å². The highest BCUT2D eigenvalue weighted by atomic mass is 15.1. The van der Waals surface area contributed by atoms with Gasteiger partial charge < -0.3 is 10.3 Å². The molecule has 94 valence electrons. The van der Waals surface area contributed by atoms with E-state index in [1.807, 2.05) is 14.0 Å². The summed E-state index contributed by atoms with van der Waals surface area (Å²) in [7, 11) is 2.03. The largest absolute Gasteiger partial charge is 0.334 e. The van der Waals surface area contributed by atoms with Gasteiger partial charge in [0.05, 0.1) is 11.4 Å². The van der Waals surface area contributed by atoms with Gasteiger partial charge in [-0.1, -0.05) is 12.1 Å². The number of hydrogen-bond acceptors (Lipinski definition) is 2. The second-order valence-corrected chi connectivity index (χ2v) is 5.05. The van der Waals surface area contributed by atoms with Crippen LogP contribution in [0.4, 0.5) is 0 Å². The minimum absolute atomic E-state index is 0.532. The number of imidazole rings is 1. The highest BCUT2D eigenvalue weighted by molar-refractivity contribution is 5.64. The quantitative estimate of drug-likeness (QED) is 0.877. The first-order valence-corrected chi connectivity index (χ1v) is 6.55. The molecule has 0 saturated heterocycles. The van der Waals surface area contributed by atoms with Gasteiger partial charge in [0.25, 0.3) is 0 Å². The van der Waals surface area contributed by atoms with Crippen LogP contribution in [0.2, 0.25) is 0 Å². The lowest BCUT2D eigenvalue weighted by atomic mass is 10.0. The van der Waals surface area contributed by atoms with Gasteiger partial charge in [-0.2, -0.15) is 0 Å². The number of nitrogens with zero attached hydrogens (tertiary/aromatic N) is 2. The molecule has 0 spiro atoms. The number of nitrogens with two attached hydrogens (primary N) is 1. The van der Waals surface area contributed by atoms with Crippen molar-refractivity contribution in [2.75, 3.05) is 0 Å². The summed E-state index contributed by atoms with van der Waals surface area (Å²) in [6.45, 7) is 2.56. The van der Waals surface area contributed by atoms with Gasteiger partial charge >= 0.3 is 0 Å². The molecule has 0 amide bonds. The molecule has 3 nitrogen and oxygen atoms in total. The van der Waals surface area contributed by atoms with Gasteiger partial charge in [-0.25, -0.2) is 4.98 Å². The Morgan fingerprint density at radius 3 is 2.83 bits per heavy atom. The third-order valence-electron chi connectivity index (χ3n) is 4.00. The molecular formula is C15H19N3. The van der Waals surface area contributed by atoms with Crippen LogP contribution < -0.4 is 5.73 Å². The molecule has 0 aliphatic heterocycles. The van der Waals surface area contributed by atoms with Gasteiger partial charge in [0.2, 0.25) is 0 Å². The highest BCUT2D eigenvalue weighted by Crippen LogP contribution is 2.29. The Morgan fingerprint density at radius 1 is 1.28 bits per heavy atom. The number of fused-ring (bicyclic) bond motifs is 1. The molecule has 1 aromatic heterocycles. The van der Waals surface area contributed by atoms with Gasteiger partial charge in [-0.05, 0) is 43.4 Å². The minimum atomic E-state index is 0.532. The standard InChI is InChI=1S/C15H19N3/c1-10-17-15(14(9-16)18(10)2)13-7-6-11-4-3-5-12(11)8-13/h6-8H,3-5,9,16H2,1-2H3. The molecule has 0 radical (unpaired) electrons. The fraction of sp³-hybridized carbons (Fsp3) is 0.400. The lowest BCUT2D eigenvalue weighted by Gasteiger charge is -2.06. The lowest BCUT2D eigenvalue weighted by Crippen LogP contribution is -2.05. The Balaban J connectivity index is 2.12. The van der Waals surface area contributed by atoms with E-state index in [0.717, 1.165) is 17.2 Å². The molecule has 0 unspecified atom stereocenters. The van der Waals surface area contributed by atoms with Crippen molar-refractivity contribution in [3.63, 3.8) is 0 Å². The third-order valence-corrected chi connectivity index (χ3v) is 4.00. The number of hydrogen-bond donors (Lipinski definition) is 1. The van der Waals surface area contributed by atoms with Crippen LogP contribution in [0.5, 0.6) is 0 Å². The maximum atomic E-state index is 5.85. The van der Waals surface area contributed by atoms with Gasteiger partial charge in [-0.3, -0.25) is 0 Å². The number of aromatic nitrogens is 2. The molecule has 0 fully saturated rings. The minimum Gasteiger partial charge on any atom is -0.334 e. The molecule has 2 N–H and O–H groups in total. The highest BCUT2D eigenvalue weighted by Gasteiger charge is 2.16. The van der Waals surface area contributed by atoms with Crippen LogP contribution in [0.15, 0.2) is 18.2 Å². The smallest absolute Gasteiger partial charge is 0.106 e. The van der Waals surface area contributed by atoms with Crippen LogP contribution in [0.1, 0.15) is 29.1 Å². The van der Waals surface area contributed by atoms with Crippen LogP contribution in [-0.2, 0) is 26.4 Å². The Hall–Kier alpha value is -1.61. The zero-order valence-electron chi connectivity index (χ0n) is 11.0. The van der Waals surface area contributed by atoms with E-state index in [2.05, 4.69) is 27.8 Å². The van der Waals surface area contributed by atoms with E-state index in [-0.39, 0.29) is 0 Å². The molecule has 1 aliphatic rings. The Labute approximate surface area is 108 Å². The fourth-order valence-electron chi connectivity index (χ4n) is 2.84. The van der Waals surface area contributed by atoms with E-state index in [4.69, 9.17) is 5.73 Å². The first-order valence-electron chi connectivity index (χ1n) is 6.55. The van der Waals surface area contributed by atoms with Crippen molar-refractivity contribution in [1.29, 1.82) is 0 Å². The molecule has 0 saturated carbocycles. The van der Waals surface area contributed by atoms with E-state index in [9.17, 15) is 0 Å². The zero-order chi connectivity index (χ0) is 12.7. The molecular weight excluding hydrogens is 222 g/mol. The van der Waals surface area contributed by atoms with Crippen molar-refractivity contribution in [2.24, 2.45) is 12.8 Å². The molecule has 1 aliphatic carbocycles. The summed E-state index contributed by atoms with van der Waals surface area (Å²) in [5.41, 5.74) is 12.2. The van der Waals surface area contributed by atoms with Gasteiger partial charge in [0, 0.05) is 19.2 Å². The first kappa shape index (κ1) is 11.5. The Kier molecular flexibility index (Phi) is 2.71. The molecule has 3 heteroatoms. The van der Waals surface area contributed by atoms with Crippen molar-refractivity contribution in [3.05, 3.63) is 40.8 Å². The Bertz CT molecular complexity index is 596. The lowest BCUT2D eigenvalue weighted by molar-refractivity contribution is 0.789. The van der Waals surface area contributed by atoms with Crippen LogP contribution in [0.3, 0.4) is 0 Å². The third kappa shape index (κ3) is 1.66. The van der Waals surface area contributed by atoms with E-state index < -0.39 is 0 Å². The monoisotopic (exact) mass is 241 g/mol. The molecule has 1 heterocycles. The molecule has 0 bridgehead atoms. The fourth-order valence-corrected chi connectivity index (χ4v) is 2.84. The van der Waals surface area contributed by atoms with E-state index in [0.29, 0.717) is 6.54 Å². The summed E-state index contributed by atoms with van der Waals surface area (Å²) >= 11 is 0. The Morgan fingerprint density at radius 2 is 2.06 bits per heavy atom. The van der Waals surface area contributed by atoms with Crippen LogP contribution in [0, 0.1) is 6.92 Å². The normalized spacial score (nSPS) is 13.9. The predicted octanol–water partition coefficient (Wildman–Crippen LogP) is 2.34. The predicted molar refractivity (Wildman–Crippen MR) is 73.3 cm³/mol. The molecule has 1 aromatic carbocycles. The molecule has 18 heavy (non-hydrogen) atoms. The molecule has 2 aromatic rings. The van der Waals surface area contributed by atoms with E-state index in [1.54, 1.807) is 0 Å². The SMILES string of the molecule is Cc1nc(-c2ccc3c(c2)CCC3)c(CN)n1C. The summed E-state index contributed by atoms with van der Waals surface area (Å²) < 4.78 is 2.09. The second kappa shape index (κ2) is 4.25. The van der Waals surface area contributed by atoms with Crippen LogP contribution >= 0.6 is 0 Å². The maximum absolute atomic E-state index is 5.85. The van der Waals surface area contributed by atoms with E-state index >= 15 is 0 Å². The average Bonchev–Trinajstić information content (AvgIpc) is 2.94. The first-order chi connectivity index (χ1) is 8.70. The summed E-state index contributed by atoms with van der Waals surface area (Å²) in [5.74, 6) is 1.02. The topological polar surface area (TPSA) is 43.8 Å². The van der Waals surface area contributed by atoms with Gasteiger partial charge in [0.15, 0.2) is 0 Å². The van der Waals surface area contributed by atoms with E-state index in [1.165, 1.54) is 36.0 Å². The van der Waals surface area contributed by atoms with Gasteiger partial charge in [0.1, 0.15) is 5.82 Å². The summed E-state index contributed by atoms with van der Waals surface area (Å²) in [6.07, 6.45) is 3.71. The maximum Gasteiger partial charge on any atom is 0.106 e. The van der Waals surface area contributed by atoms with Crippen molar-refractivity contribution >= 4 is 0 Å². The average molecular weight is 241 g/mol. The zero-order valence-corrected chi connectivity index (χ0v) is 11.0. The number of rotatable bonds is 2.